The normalized spacial score (nSPS) is 10.7. The Bertz CT molecular complexity index is 444. The molecule has 1 aromatic heterocycles. The Morgan fingerprint density at radius 3 is 2.60 bits per heavy atom. The predicted octanol–water partition coefficient (Wildman–Crippen LogP) is 0.679. The fraction of sp³-hybridized carbons (Fsp3) is 0.286. The quantitative estimate of drug-likeness (QED) is 0.576. The van der Waals surface area contributed by atoms with Crippen LogP contribution in [-0.4, -0.2) is 9.91 Å². The molecule has 0 aliphatic rings. The van der Waals surface area contributed by atoms with E-state index in [4.69, 9.17) is 5.73 Å². The van der Waals surface area contributed by atoms with Gasteiger partial charge in [-0.3, -0.25) is 0 Å². The van der Waals surface area contributed by atoms with Crippen LogP contribution in [0.4, 0.5) is 14.6 Å². The Morgan fingerprint density at radius 1 is 1.60 bits per heavy atom. The number of rotatable bonds is 3. The highest BCUT2D eigenvalue weighted by Gasteiger charge is 2.22. The van der Waals surface area contributed by atoms with Crippen LogP contribution in [0.5, 0.6) is 0 Å². The maximum absolute atomic E-state index is 12.4. The van der Waals surface area contributed by atoms with Gasteiger partial charge in [0, 0.05) is 18.2 Å². The van der Waals surface area contributed by atoms with E-state index in [2.05, 4.69) is 0 Å². The predicted molar refractivity (Wildman–Crippen MR) is 46.6 cm³/mol. The molecule has 0 saturated carbocycles. The van der Waals surface area contributed by atoms with Gasteiger partial charge in [0.1, 0.15) is 0 Å². The van der Waals surface area contributed by atoms with Gasteiger partial charge >= 0.3 is 11.4 Å². The number of halogens is 2. The average Bonchev–Trinajstić information content (AvgIpc) is 2.16. The van der Waals surface area contributed by atoms with Gasteiger partial charge in [-0.2, -0.15) is 0 Å². The Kier molecular flexibility index (Phi) is 3.10. The highest BCUT2D eigenvalue weighted by atomic mass is 19.3. The summed E-state index contributed by atoms with van der Waals surface area (Å²) in [5, 5.41) is 10.4. The van der Waals surface area contributed by atoms with E-state index in [-0.39, 0.29) is 5.56 Å². The minimum absolute atomic E-state index is 0.352. The van der Waals surface area contributed by atoms with Gasteiger partial charge < -0.3 is 15.8 Å². The Labute approximate surface area is 81.9 Å². The lowest BCUT2D eigenvalue weighted by atomic mass is 10.1. The molecule has 15 heavy (non-hydrogen) atoms. The fourth-order valence-corrected chi connectivity index (χ4v) is 1.16. The van der Waals surface area contributed by atoms with Crippen molar-refractivity contribution in [3.63, 3.8) is 0 Å². The van der Waals surface area contributed by atoms with Crippen molar-refractivity contribution < 1.29 is 13.7 Å². The number of H-pyrrole nitrogens is 1. The van der Waals surface area contributed by atoms with Crippen molar-refractivity contribution >= 4 is 5.82 Å². The molecule has 0 spiro atoms. The van der Waals surface area contributed by atoms with Gasteiger partial charge in [-0.1, -0.05) is 0 Å². The molecule has 0 amide bonds. The van der Waals surface area contributed by atoms with Gasteiger partial charge in [0.2, 0.25) is 0 Å². The second kappa shape index (κ2) is 4.13. The first-order chi connectivity index (χ1) is 6.97. The molecule has 0 saturated heterocycles. The van der Waals surface area contributed by atoms with Crippen LogP contribution in [-0.2, 0) is 6.54 Å². The van der Waals surface area contributed by atoms with Crippen LogP contribution in [0, 0.1) is 10.1 Å². The van der Waals surface area contributed by atoms with Gasteiger partial charge in [-0.15, -0.1) is 0 Å². The highest BCUT2D eigenvalue weighted by Crippen LogP contribution is 2.25. The molecule has 1 heterocycles. The Balaban J connectivity index is 3.52. The summed E-state index contributed by atoms with van der Waals surface area (Å²) in [6.45, 7) is -0.438. The Morgan fingerprint density at radius 2 is 2.20 bits per heavy atom. The number of hydrogen-bond acceptors (Lipinski definition) is 4. The van der Waals surface area contributed by atoms with Gasteiger partial charge in [-0.25, -0.2) is 18.6 Å². The minimum atomic E-state index is -2.97. The summed E-state index contributed by atoms with van der Waals surface area (Å²) < 4.78 is 24.8. The van der Waals surface area contributed by atoms with E-state index in [0.29, 0.717) is 6.07 Å². The second-order valence-corrected chi connectivity index (χ2v) is 2.68. The summed E-state index contributed by atoms with van der Waals surface area (Å²) in [7, 11) is 0. The SMILES string of the molecule is NCc1c(C(F)F)cc(=O)[nH]c1[N+](=O)[O-]. The van der Waals surface area contributed by atoms with Crippen LogP contribution in [0.3, 0.4) is 0 Å². The van der Waals surface area contributed by atoms with E-state index in [1.54, 1.807) is 0 Å². The van der Waals surface area contributed by atoms with E-state index >= 15 is 0 Å². The molecular formula is C7H7F2N3O3. The smallest absolute Gasteiger partial charge is 0.332 e. The fourth-order valence-electron chi connectivity index (χ4n) is 1.16. The number of aromatic amines is 1. The van der Waals surface area contributed by atoms with Crippen LogP contribution in [0.1, 0.15) is 17.6 Å². The molecule has 0 atom stereocenters. The first-order valence-corrected chi connectivity index (χ1v) is 3.86. The minimum Gasteiger partial charge on any atom is -0.358 e. The molecule has 0 fully saturated rings. The van der Waals surface area contributed by atoms with Crippen LogP contribution < -0.4 is 11.3 Å². The molecule has 3 N–H and O–H groups in total. The molecule has 82 valence electrons. The van der Waals surface area contributed by atoms with Crippen molar-refractivity contribution in [2.45, 2.75) is 13.0 Å². The van der Waals surface area contributed by atoms with Gasteiger partial charge in [0.05, 0.1) is 5.56 Å². The zero-order valence-corrected chi connectivity index (χ0v) is 7.37. The molecule has 0 aliphatic carbocycles. The third-order valence-corrected chi connectivity index (χ3v) is 1.78. The summed E-state index contributed by atoms with van der Waals surface area (Å²) >= 11 is 0. The van der Waals surface area contributed by atoms with E-state index < -0.39 is 34.8 Å². The first kappa shape index (κ1) is 11.2. The number of alkyl halides is 2. The summed E-state index contributed by atoms with van der Waals surface area (Å²) in [4.78, 5) is 22.2. The number of hydrogen-bond donors (Lipinski definition) is 2. The van der Waals surface area contributed by atoms with Gasteiger partial charge in [0.15, 0.2) is 0 Å². The van der Waals surface area contributed by atoms with Crippen molar-refractivity contribution in [1.82, 2.24) is 4.98 Å². The van der Waals surface area contributed by atoms with Gasteiger partial charge in [0.25, 0.3) is 6.43 Å². The molecule has 8 heteroatoms. The number of pyridine rings is 1. The van der Waals surface area contributed by atoms with Crippen LogP contribution >= 0.6 is 0 Å². The zero-order valence-electron chi connectivity index (χ0n) is 7.37. The molecule has 6 nitrogen and oxygen atoms in total. The molecule has 0 aliphatic heterocycles. The molecule has 0 bridgehead atoms. The third kappa shape index (κ3) is 2.15. The summed E-state index contributed by atoms with van der Waals surface area (Å²) in [6.07, 6.45) is -2.97. The molecule has 0 unspecified atom stereocenters. The summed E-state index contributed by atoms with van der Waals surface area (Å²) in [5.41, 5.74) is 3.11. The number of nitrogens with zero attached hydrogens (tertiary/aromatic N) is 1. The maximum Gasteiger partial charge on any atom is 0.332 e. The zero-order chi connectivity index (χ0) is 11.6. The highest BCUT2D eigenvalue weighted by molar-refractivity contribution is 5.39. The molecular weight excluding hydrogens is 212 g/mol. The Hall–Kier alpha value is -1.83. The van der Waals surface area contributed by atoms with Crippen molar-refractivity contribution in [2.75, 3.05) is 0 Å². The van der Waals surface area contributed by atoms with Crippen LogP contribution in [0.15, 0.2) is 10.9 Å². The third-order valence-electron chi connectivity index (χ3n) is 1.78. The second-order valence-electron chi connectivity index (χ2n) is 2.68. The van der Waals surface area contributed by atoms with Crippen LogP contribution in [0.25, 0.3) is 0 Å². The van der Waals surface area contributed by atoms with Crippen molar-refractivity contribution in [3.8, 4) is 0 Å². The van der Waals surface area contributed by atoms with Crippen molar-refractivity contribution in [2.24, 2.45) is 5.73 Å². The monoisotopic (exact) mass is 219 g/mol. The van der Waals surface area contributed by atoms with E-state index in [9.17, 15) is 23.7 Å². The molecule has 1 rings (SSSR count). The molecule has 0 aromatic carbocycles. The number of nitrogens with two attached hydrogens (primary N) is 1. The standard InChI is InChI=1S/C7H7F2N3O3/c8-6(9)3-1-5(13)11-7(12(14)15)4(3)2-10/h1,6H,2,10H2,(H,11,13). The van der Waals surface area contributed by atoms with Crippen LogP contribution in [0.2, 0.25) is 0 Å². The first-order valence-electron chi connectivity index (χ1n) is 3.86. The summed E-state index contributed by atoms with van der Waals surface area (Å²) in [6, 6.07) is 0.611. The lowest BCUT2D eigenvalue weighted by Crippen LogP contribution is -2.16. The lowest BCUT2D eigenvalue weighted by molar-refractivity contribution is -0.390. The average molecular weight is 219 g/mol. The maximum atomic E-state index is 12.4. The number of nitrogens with one attached hydrogen (secondary N) is 1. The lowest BCUT2D eigenvalue weighted by Gasteiger charge is -2.06. The summed E-state index contributed by atoms with van der Waals surface area (Å²) in [5.74, 6) is -0.777. The van der Waals surface area contributed by atoms with Crippen molar-refractivity contribution in [3.05, 3.63) is 37.7 Å². The largest absolute Gasteiger partial charge is 0.358 e. The molecule has 1 aromatic rings. The number of aromatic nitrogens is 1. The molecule has 0 radical (unpaired) electrons. The van der Waals surface area contributed by atoms with Crippen molar-refractivity contribution in [1.29, 1.82) is 0 Å². The van der Waals surface area contributed by atoms with Gasteiger partial charge in [-0.05, 0) is 4.92 Å². The number of nitro groups is 1. The van der Waals surface area contributed by atoms with E-state index in [1.807, 2.05) is 4.98 Å². The topological polar surface area (TPSA) is 102 Å². The van der Waals surface area contributed by atoms with E-state index in [0.717, 1.165) is 0 Å². The van der Waals surface area contributed by atoms with E-state index in [1.165, 1.54) is 0 Å².